The van der Waals surface area contributed by atoms with Gasteiger partial charge in [-0.1, -0.05) is 247 Å². The molecular formula is C67H118NO8+. The molecule has 0 aromatic rings. The van der Waals surface area contributed by atoms with Gasteiger partial charge >= 0.3 is 17.9 Å². The number of hydrogen-bond acceptors (Lipinski definition) is 7. The van der Waals surface area contributed by atoms with Gasteiger partial charge in [0.1, 0.15) is 13.2 Å². The van der Waals surface area contributed by atoms with Gasteiger partial charge < -0.3 is 28.5 Å². The Labute approximate surface area is 468 Å². The molecule has 0 rings (SSSR count). The van der Waals surface area contributed by atoms with Crippen LogP contribution in [-0.2, 0) is 33.3 Å². The number of likely N-dealkylation sites (N-methyl/N-ethyl adjacent to an activating group) is 1. The molecule has 0 radical (unpaired) electrons. The van der Waals surface area contributed by atoms with Gasteiger partial charge in [0.25, 0.3) is 6.29 Å². The third kappa shape index (κ3) is 58.2. The highest BCUT2D eigenvalue weighted by molar-refractivity contribution is 5.71. The van der Waals surface area contributed by atoms with Crippen LogP contribution in [0.5, 0.6) is 0 Å². The van der Waals surface area contributed by atoms with Crippen molar-refractivity contribution in [2.45, 2.75) is 277 Å². The van der Waals surface area contributed by atoms with Gasteiger partial charge in [-0.15, -0.1) is 0 Å². The number of nitrogens with zero attached hydrogens (tertiary/aromatic N) is 1. The number of hydrogen-bond donors (Lipinski definition) is 1. The molecule has 0 bridgehead atoms. The quantitative estimate of drug-likeness (QED) is 0.0211. The van der Waals surface area contributed by atoms with Crippen LogP contribution in [0, 0.1) is 0 Å². The lowest BCUT2D eigenvalue weighted by atomic mass is 10.0. The van der Waals surface area contributed by atoms with Crippen LogP contribution in [0.4, 0.5) is 0 Å². The molecule has 9 nitrogen and oxygen atoms in total. The van der Waals surface area contributed by atoms with Crippen molar-refractivity contribution in [3.63, 3.8) is 0 Å². The molecule has 0 fully saturated rings. The normalized spacial score (nSPS) is 13.3. The molecule has 76 heavy (non-hydrogen) atoms. The molecule has 1 N–H and O–H groups in total. The number of ether oxygens (including phenoxy) is 4. The van der Waals surface area contributed by atoms with E-state index >= 15 is 0 Å². The molecule has 438 valence electrons. The minimum absolute atomic E-state index is 0.185. The summed E-state index contributed by atoms with van der Waals surface area (Å²) in [6.07, 6.45) is 73.8. The van der Waals surface area contributed by atoms with Gasteiger partial charge in [-0.3, -0.25) is 9.59 Å². The fourth-order valence-corrected chi connectivity index (χ4v) is 8.60. The molecular weight excluding hydrogens is 947 g/mol. The monoisotopic (exact) mass is 1060 g/mol. The molecule has 0 saturated heterocycles. The van der Waals surface area contributed by atoms with Crippen molar-refractivity contribution in [2.24, 2.45) is 0 Å². The molecule has 0 amide bonds. The second-order valence-electron chi connectivity index (χ2n) is 22.0. The Balaban J connectivity index is 4.16. The van der Waals surface area contributed by atoms with Crippen molar-refractivity contribution in [3.05, 3.63) is 85.1 Å². The fraction of sp³-hybridized carbons (Fsp3) is 0.746. The number of allylic oxidation sites excluding steroid dienone is 14. The number of unbranched alkanes of at least 4 members (excludes halogenated alkanes) is 28. The zero-order valence-corrected chi connectivity index (χ0v) is 49.9. The summed E-state index contributed by atoms with van der Waals surface area (Å²) in [4.78, 5) is 37.5. The second kappa shape index (κ2) is 57.6. The van der Waals surface area contributed by atoms with Crippen LogP contribution < -0.4 is 0 Å². The summed E-state index contributed by atoms with van der Waals surface area (Å²) in [5.41, 5.74) is 0. The van der Waals surface area contributed by atoms with Crippen LogP contribution in [0.3, 0.4) is 0 Å². The Morgan fingerprint density at radius 1 is 0.408 bits per heavy atom. The first-order chi connectivity index (χ1) is 37.1. The first-order valence-corrected chi connectivity index (χ1v) is 31.3. The maximum atomic E-state index is 12.9. The second-order valence-corrected chi connectivity index (χ2v) is 22.0. The van der Waals surface area contributed by atoms with E-state index in [9.17, 15) is 19.5 Å². The number of carboxylic acids is 1. The maximum Gasteiger partial charge on any atom is 0.361 e. The zero-order chi connectivity index (χ0) is 55.5. The van der Waals surface area contributed by atoms with E-state index in [0.717, 1.165) is 77.0 Å². The van der Waals surface area contributed by atoms with E-state index in [4.69, 9.17) is 18.9 Å². The summed E-state index contributed by atoms with van der Waals surface area (Å²) in [6.45, 7) is 4.77. The number of carboxylic acid groups (broad SMARTS) is 1. The van der Waals surface area contributed by atoms with E-state index in [2.05, 4.69) is 98.9 Å². The first-order valence-electron chi connectivity index (χ1n) is 31.3. The lowest BCUT2D eigenvalue weighted by Crippen LogP contribution is -2.40. The summed E-state index contributed by atoms with van der Waals surface area (Å²) in [6, 6.07) is 0. The molecule has 0 aliphatic heterocycles. The highest BCUT2D eigenvalue weighted by atomic mass is 16.7. The summed E-state index contributed by atoms with van der Waals surface area (Å²) in [5, 5.41) is 9.71. The fourth-order valence-electron chi connectivity index (χ4n) is 8.60. The minimum atomic E-state index is -1.51. The SMILES string of the molecule is CC/C=C\C/C=C\C/C=C\C/C=C\C/C=C\C/C=C\CCCCCCCCCCCCCCCCC(=O)OC(COC(=O)CCCCCCCCC/C=C\CCCCCCCCC)COC(OCC[N+](C)(C)C)C(=O)O. The third-order valence-electron chi connectivity index (χ3n) is 13.4. The van der Waals surface area contributed by atoms with E-state index in [1.54, 1.807) is 0 Å². The third-order valence-corrected chi connectivity index (χ3v) is 13.4. The van der Waals surface area contributed by atoms with Crippen molar-refractivity contribution in [2.75, 3.05) is 47.5 Å². The Morgan fingerprint density at radius 3 is 1.13 bits per heavy atom. The van der Waals surface area contributed by atoms with Gasteiger partial charge in [-0.25, -0.2) is 4.79 Å². The largest absolute Gasteiger partial charge is 0.477 e. The van der Waals surface area contributed by atoms with Crippen molar-refractivity contribution in [1.82, 2.24) is 0 Å². The van der Waals surface area contributed by atoms with E-state index in [0.29, 0.717) is 17.4 Å². The van der Waals surface area contributed by atoms with Gasteiger partial charge in [-0.05, 0) is 89.9 Å². The highest BCUT2D eigenvalue weighted by Gasteiger charge is 2.25. The Hall–Kier alpha value is -3.53. The molecule has 0 aromatic heterocycles. The molecule has 2 unspecified atom stereocenters. The summed E-state index contributed by atoms with van der Waals surface area (Å²) < 4.78 is 22.9. The van der Waals surface area contributed by atoms with Crippen LogP contribution in [0.1, 0.15) is 264 Å². The van der Waals surface area contributed by atoms with E-state index in [-0.39, 0.29) is 32.2 Å². The molecule has 0 spiro atoms. The van der Waals surface area contributed by atoms with Gasteiger partial charge in [-0.2, -0.15) is 0 Å². The first kappa shape index (κ1) is 72.5. The van der Waals surface area contributed by atoms with Gasteiger partial charge in [0, 0.05) is 12.8 Å². The van der Waals surface area contributed by atoms with Crippen LogP contribution in [0.2, 0.25) is 0 Å². The lowest BCUT2D eigenvalue weighted by molar-refractivity contribution is -0.870. The molecule has 0 aromatic carbocycles. The number of aliphatic carboxylic acids is 1. The standard InChI is InChI=1S/C67H117NO8/c1-6-8-10-12-14-16-18-20-22-24-26-27-28-29-30-31-32-33-34-35-36-37-38-39-40-42-44-46-48-50-52-54-56-58-65(70)76-63(62-75-67(66(71)72)73-60-59-68(3,4)5)61-74-64(69)57-55-53-51-49-47-45-43-41-25-23-21-19-17-15-13-11-9-7-2/h8,10,14,16,20,22-23,25-27,29-30,32-33,63,67H,6-7,9,11-13,15,17-19,21,24,28,31,34-62H2,1-5H3/p+1/b10-8-,16-14-,22-20-,25-23-,27-26-,30-29-,33-32-. The van der Waals surface area contributed by atoms with Gasteiger partial charge in [0.05, 0.1) is 34.4 Å². The van der Waals surface area contributed by atoms with Crippen molar-refractivity contribution < 1.29 is 42.9 Å². The van der Waals surface area contributed by atoms with Crippen molar-refractivity contribution >= 4 is 17.9 Å². The molecule has 0 heterocycles. The molecule has 0 aliphatic rings. The lowest BCUT2D eigenvalue weighted by Gasteiger charge is -2.25. The van der Waals surface area contributed by atoms with E-state index < -0.39 is 24.3 Å². The average Bonchev–Trinajstić information content (AvgIpc) is 3.39. The number of quaternary nitrogens is 1. The number of carbonyl (C=O) groups is 3. The predicted octanol–water partition coefficient (Wildman–Crippen LogP) is 18.7. The summed E-state index contributed by atoms with van der Waals surface area (Å²) in [5.74, 6) is -2.01. The Bertz CT molecular complexity index is 1520. The molecule has 2 atom stereocenters. The van der Waals surface area contributed by atoms with Crippen LogP contribution in [0.15, 0.2) is 85.1 Å². The smallest absolute Gasteiger partial charge is 0.361 e. The van der Waals surface area contributed by atoms with Crippen LogP contribution >= 0.6 is 0 Å². The van der Waals surface area contributed by atoms with E-state index in [1.807, 2.05) is 21.1 Å². The highest BCUT2D eigenvalue weighted by Crippen LogP contribution is 2.16. The topological polar surface area (TPSA) is 108 Å². The van der Waals surface area contributed by atoms with Crippen LogP contribution in [-0.4, -0.2) is 87.4 Å². The molecule has 9 heteroatoms. The number of esters is 2. The minimum Gasteiger partial charge on any atom is -0.477 e. The van der Waals surface area contributed by atoms with Crippen molar-refractivity contribution in [1.29, 1.82) is 0 Å². The Kier molecular flexibility index (Phi) is 55.0. The number of carbonyl (C=O) groups excluding carboxylic acids is 2. The molecule has 0 saturated carbocycles. The summed E-state index contributed by atoms with van der Waals surface area (Å²) >= 11 is 0. The zero-order valence-electron chi connectivity index (χ0n) is 49.9. The van der Waals surface area contributed by atoms with Crippen molar-refractivity contribution in [3.8, 4) is 0 Å². The maximum absolute atomic E-state index is 12.9. The predicted molar refractivity (Wildman–Crippen MR) is 322 cm³/mol. The van der Waals surface area contributed by atoms with Gasteiger partial charge in [0.2, 0.25) is 0 Å². The van der Waals surface area contributed by atoms with E-state index in [1.165, 1.54) is 161 Å². The molecule has 0 aliphatic carbocycles. The van der Waals surface area contributed by atoms with Gasteiger partial charge in [0.15, 0.2) is 6.10 Å². The average molecular weight is 1070 g/mol. The summed E-state index contributed by atoms with van der Waals surface area (Å²) in [7, 11) is 5.97. The number of rotatable bonds is 57. The van der Waals surface area contributed by atoms with Crippen LogP contribution in [0.25, 0.3) is 0 Å². The Morgan fingerprint density at radius 2 is 0.750 bits per heavy atom.